The van der Waals surface area contributed by atoms with Gasteiger partial charge in [-0.25, -0.2) is 22.5 Å². The first-order valence-corrected chi connectivity index (χ1v) is 12.2. The molecule has 2 aromatic carbocycles. The van der Waals surface area contributed by atoms with Gasteiger partial charge in [-0.2, -0.15) is 0 Å². The van der Waals surface area contributed by atoms with Crippen LogP contribution in [-0.4, -0.2) is 43.8 Å². The topological polar surface area (TPSA) is 79.4 Å². The lowest BCUT2D eigenvalue weighted by molar-refractivity contribution is 0.0712. The van der Waals surface area contributed by atoms with Gasteiger partial charge in [-0.05, 0) is 43.2 Å². The second-order valence-corrected chi connectivity index (χ2v) is 10.2. The molecule has 0 radical (unpaired) electrons. The van der Waals surface area contributed by atoms with Crippen LogP contribution in [0.5, 0.6) is 0 Å². The van der Waals surface area contributed by atoms with Crippen LogP contribution in [0.25, 0.3) is 10.2 Å². The Balaban J connectivity index is 1.47. The van der Waals surface area contributed by atoms with Crippen molar-refractivity contribution in [2.24, 2.45) is 0 Å². The SMILES string of the molecule is C=CCNS(=O)(=O)c1cc(C(=O)N2CCC(c3nc4ccccc4s3)CC2)ccc1F. The van der Waals surface area contributed by atoms with E-state index in [1.807, 2.05) is 18.2 Å². The molecule has 6 nitrogen and oxygen atoms in total. The van der Waals surface area contributed by atoms with E-state index >= 15 is 0 Å². The fourth-order valence-electron chi connectivity index (χ4n) is 3.67. The number of hydrogen-bond donors (Lipinski definition) is 1. The van der Waals surface area contributed by atoms with E-state index in [9.17, 15) is 17.6 Å². The number of benzene rings is 2. The molecule has 0 unspecified atom stereocenters. The van der Waals surface area contributed by atoms with Gasteiger partial charge in [-0.15, -0.1) is 17.9 Å². The highest BCUT2D eigenvalue weighted by Crippen LogP contribution is 2.34. The Labute approximate surface area is 184 Å². The number of carbonyl (C=O) groups excluding carboxylic acids is 1. The summed E-state index contributed by atoms with van der Waals surface area (Å²) in [6, 6.07) is 11.5. The van der Waals surface area contributed by atoms with Crippen LogP contribution in [0.2, 0.25) is 0 Å². The number of aromatic nitrogens is 1. The minimum Gasteiger partial charge on any atom is -0.339 e. The lowest BCUT2D eigenvalue weighted by atomic mass is 9.97. The molecule has 1 aliphatic heterocycles. The summed E-state index contributed by atoms with van der Waals surface area (Å²) in [5, 5.41) is 1.08. The van der Waals surface area contributed by atoms with Gasteiger partial charge >= 0.3 is 0 Å². The van der Waals surface area contributed by atoms with Crippen LogP contribution in [0.3, 0.4) is 0 Å². The largest absolute Gasteiger partial charge is 0.339 e. The number of likely N-dealkylation sites (tertiary alicyclic amines) is 1. The molecule has 1 fully saturated rings. The van der Waals surface area contributed by atoms with Gasteiger partial charge in [0.25, 0.3) is 5.91 Å². The summed E-state index contributed by atoms with van der Waals surface area (Å²) < 4.78 is 42.1. The third kappa shape index (κ3) is 4.53. The Morgan fingerprint density at radius 1 is 1.26 bits per heavy atom. The average molecular weight is 460 g/mol. The first kappa shape index (κ1) is 21.6. The third-order valence-electron chi connectivity index (χ3n) is 5.33. The first-order chi connectivity index (χ1) is 14.9. The number of nitrogens with one attached hydrogen (secondary N) is 1. The standard InChI is InChI=1S/C22H22FN3O3S2/c1-2-11-24-31(28,29)20-14-16(7-8-17(20)23)22(27)26-12-9-15(10-13-26)21-25-18-5-3-4-6-19(18)30-21/h2-8,14-15,24H,1,9-13H2. The van der Waals surface area contributed by atoms with E-state index in [0.29, 0.717) is 13.1 Å². The molecular weight excluding hydrogens is 437 g/mol. The van der Waals surface area contributed by atoms with Crippen molar-refractivity contribution >= 4 is 37.5 Å². The number of para-hydroxylation sites is 1. The van der Waals surface area contributed by atoms with Gasteiger partial charge in [0.05, 0.1) is 15.2 Å². The highest BCUT2D eigenvalue weighted by atomic mass is 32.2. The normalized spacial score (nSPS) is 15.3. The van der Waals surface area contributed by atoms with Crippen LogP contribution in [0.15, 0.2) is 60.0 Å². The van der Waals surface area contributed by atoms with Crippen molar-refractivity contribution in [3.63, 3.8) is 0 Å². The van der Waals surface area contributed by atoms with E-state index in [4.69, 9.17) is 4.98 Å². The third-order valence-corrected chi connectivity index (χ3v) is 7.96. The molecule has 0 bridgehead atoms. The number of halogens is 1. The monoisotopic (exact) mass is 459 g/mol. The number of sulfonamides is 1. The van der Waals surface area contributed by atoms with Crippen LogP contribution in [0.1, 0.15) is 34.1 Å². The summed E-state index contributed by atoms with van der Waals surface area (Å²) >= 11 is 1.69. The lowest BCUT2D eigenvalue weighted by Crippen LogP contribution is -2.38. The van der Waals surface area contributed by atoms with Crippen LogP contribution < -0.4 is 4.72 Å². The summed E-state index contributed by atoms with van der Waals surface area (Å²) in [6.45, 7) is 4.48. The highest BCUT2D eigenvalue weighted by molar-refractivity contribution is 7.89. The molecule has 1 amide bonds. The zero-order valence-corrected chi connectivity index (χ0v) is 18.4. The fraction of sp³-hybridized carbons (Fsp3) is 0.273. The van der Waals surface area contributed by atoms with Crippen LogP contribution in [-0.2, 0) is 10.0 Å². The van der Waals surface area contributed by atoms with Gasteiger partial charge in [0, 0.05) is 31.1 Å². The summed E-state index contributed by atoms with van der Waals surface area (Å²) in [5.41, 5.74) is 1.14. The lowest BCUT2D eigenvalue weighted by Gasteiger charge is -2.31. The van der Waals surface area contributed by atoms with Crippen molar-refractivity contribution in [2.45, 2.75) is 23.7 Å². The molecule has 0 spiro atoms. The van der Waals surface area contributed by atoms with Gasteiger partial charge in [0.2, 0.25) is 10.0 Å². The molecule has 31 heavy (non-hydrogen) atoms. The zero-order chi connectivity index (χ0) is 22.0. The number of carbonyl (C=O) groups is 1. The van der Waals surface area contributed by atoms with Crippen molar-refractivity contribution < 1.29 is 17.6 Å². The maximum atomic E-state index is 14.1. The van der Waals surface area contributed by atoms with E-state index in [-0.39, 0.29) is 23.9 Å². The van der Waals surface area contributed by atoms with Gasteiger partial charge in [0.15, 0.2) is 0 Å². The Hall–Kier alpha value is -2.62. The zero-order valence-electron chi connectivity index (χ0n) is 16.8. The first-order valence-electron chi connectivity index (χ1n) is 9.94. The highest BCUT2D eigenvalue weighted by Gasteiger charge is 2.28. The maximum absolute atomic E-state index is 14.1. The predicted octanol–water partition coefficient (Wildman–Crippen LogP) is 3.92. The maximum Gasteiger partial charge on any atom is 0.253 e. The summed E-state index contributed by atoms with van der Waals surface area (Å²) in [4.78, 5) is 18.8. The Morgan fingerprint density at radius 3 is 2.71 bits per heavy atom. The van der Waals surface area contributed by atoms with Gasteiger partial charge in [-0.3, -0.25) is 4.79 Å². The Kier molecular flexibility index (Phi) is 6.17. The Morgan fingerprint density at radius 2 is 2.00 bits per heavy atom. The number of nitrogens with zero attached hydrogens (tertiary/aromatic N) is 2. The van der Waals surface area contributed by atoms with Crippen LogP contribution in [0.4, 0.5) is 4.39 Å². The number of fused-ring (bicyclic) bond motifs is 1. The second kappa shape index (κ2) is 8.86. The molecule has 0 atom stereocenters. The molecule has 1 saturated heterocycles. The molecule has 9 heteroatoms. The number of hydrogen-bond acceptors (Lipinski definition) is 5. The van der Waals surface area contributed by atoms with Gasteiger partial charge in [0.1, 0.15) is 10.7 Å². The van der Waals surface area contributed by atoms with Crippen molar-refractivity contribution in [1.82, 2.24) is 14.6 Å². The molecule has 1 N–H and O–H groups in total. The number of amides is 1. The minimum atomic E-state index is -4.07. The molecule has 162 valence electrons. The summed E-state index contributed by atoms with van der Waals surface area (Å²) in [5.74, 6) is -0.917. The molecule has 1 aliphatic rings. The molecule has 3 aromatic rings. The van der Waals surface area contributed by atoms with Gasteiger partial charge < -0.3 is 4.90 Å². The van der Waals surface area contributed by atoms with E-state index in [1.54, 1.807) is 16.2 Å². The van der Waals surface area contributed by atoms with Crippen molar-refractivity contribution in [2.75, 3.05) is 19.6 Å². The number of thiazole rings is 1. The van der Waals surface area contributed by atoms with Crippen LogP contribution >= 0.6 is 11.3 Å². The average Bonchev–Trinajstić information content (AvgIpc) is 3.22. The van der Waals surface area contributed by atoms with E-state index in [2.05, 4.69) is 17.4 Å². The molecular formula is C22H22FN3O3S2. The van der Waals surface area contributed by atoms with E-state index in [0.717, 1.165) is 40.2 Å². The quantitative estimate of drug-likeness (QED) is 0.567. The summed E-state index contributed by atoms with van der Waals surface area (Å²) in [7, 11) is -4.07. The molecule has 1 aromatic heterocycles. The van der Waals surface area contributed by atoms with E-state index < -0.39 is 20.7 Å². The smallest absolute Gasteiger partial charge is 0.253 e. The van der Waals surface area contributed by atoms with Crippen molar-refractivity contribution in [3.05, 3.63) is 71.5 Å². The number of rotatable bonds is 6. The van der Waals surface area contributed by atoms with Gasteiger partial charge in [-0.1, -0.05) is 18.2 Å². The molecule has 0 aliphatic carbocycles. The second-order valence-electron chi connectivity index (χ2n) is 7.37. The Bertz CT molecular complexity index is 1200. The van der Waals surface area contributed by atoms with Crippen LogP contribution in [0, 0.1) is 5.82 Å². The summed E-state index contributed by atoms with van der Waals surface area (Å²) in [6.07, 6.45) is 2.91. The number of piperidine rings is 1. The molecule has 2 heterocycles. The van der Waals surface area contributed by atoms with E-state index in [1.165, 1.54) is 12.1 Å². The minimum absolute atomic E-state index is 0.0285. The fourth-order valence-corrected chi connectivity index (χ4v) is 5.90. The van der Waals surface area contributed by atoms with Crippen molar-refractivity contribution in [3.8, 4) is 0 Å². The molecule has 4 rings (SSSR count). The molecule has 0 saturated carbocycles. The predicted molar refractivity (Wildman–Crippen MR) is 119 cm³/mol. The van der Waals surface area contributed by atoms with Crippen molar-refractivity contribution in [1.29, 1.82) is 0 Å².